The second-order valence-electron chi connectivity index (χ2n) is 15.5. The Labute approximate surface area is 369 Å². The van der Waals surface area contributed by atoms with Crippen LogP contribution in [0.5, 0.6) is 17.2 Å². The lowest BCUT2D eigenvalue weighted by atomic mass is 9.53. The van der Waals surface area contributed by atoms with E-state index in [1.807, 2.05) is 0 Å². The van der Waals surface area contributed by atoms with Crippen molar-refractivity contribution in [1.29, 1.82) is 0 Å². The third kappa shape index (κ3) is 6.38. The highest BCUT2D eigenvalue weighted by Crippen LogP contribution is 2.62. The van der Waals surface area contributed by atoms with E-state index in [9.17, 15) is 37.5 Å². The summed E-state index contributed by atoms with van der Waals surface area (Å²) in [6.45, 7) is -0.421. The fraction of sp³-hybridized carbons (Fsp3) is 0.279. The maximum atomic E-state index is 15.3. The molecule has 1 aliphatic carbocycles. The molecule has 2 amide bonds. The van der Waals surface area contributed by atoms with Gasteiger partial charge in [-0.3, -0.25) is 19.8 Å². The lowest BCUT2D eigenvalue weighted by molar-refractivity contribution is -0.139. The molecule has 1 saturated carbocycles. The number of nitrogens with zero attached hydrogens (tertiary/aromatic N) is 7. The van der Waals surface area contributed by atoms with E-state index in [0.29, 0.717) is 56.0 Å². The van der Waals surface area contributed by atoms with Crippen LogP contribution in [0.3, 0.4) is 0 Å². The van der Waals surface area contributed by atoms with Gasteiger partial charge in [0.1, 0.15) is 11.4 Å². The summed E-state index contributed by atoms with van der Waals surface area (Å²) in [4.78, 5) is 80.9. The summed E-state index contributed by atoms with van der Waals surface area (Å²) in [5, 5.41) is 12.0. The highest BCUT2D eigenvalue weighted by atomic mass is 35.5. The van der Waals surface area contributed by atoms with Gasteiger partial charge in [0.05, 0.1) is 59.8 Å². The molecule has 64 heavy (non-hydrogen) atoms. The first kappa shape index (κ1) is 42.4. The molecule has 16 nitrogen and oxygen atoms in total. The number of methoxy groups -OCH3 is 2. The van der Waals surface area contributed by atoms with Crippen LogP contribution in [0.15, 0.2) is 99.0 Å². The number of aryl methyl sites for hydroxylation is 2. The Morgan fingerprint density at radius 1 is 0.953 bits per heavy atom. The molecule has 2 N–H and O–H groups in total. The number of carbonyl (C=O) groups is 2. The second-order valence-corrected chi connectivity index (χ2v) is 16.4. The first-order chi connectivity index (χ1) is 30.5. The largest absolute Gasteiger partial charge is 0.508 e. The Morgan fingerprint density at radius 2 is 1.66 bits per heavy atom. The summed E-state index contributed by atoms with van der Waals surface area (Å²) in [5.41, 5.74) is -0.551. The smallest absolute Gasteiger partial charge is 0.417 e. The number of amides is 2. The number of aromatic hydroxyl groups is 1. The number of phenolic OH excluding ortho intramolecular Hbond substituents is 1. The number of anilines is 1. The highest BCUT2D eigenvalue weighted by Gasteiger charge is 2.69. The van der Waals surface area contributed by atoms with Gasteiger partial charge in [0.25, 0.3) is 17.4 Å². The van der Waals surface area contributed by atoms with E-state index >= 15 is 4.79 Å². The van der Waals surface area contributed by atoms with Crippen molar-refractivity contribution >= 4 is 51.9 Å². The van der Waals surface area contributed by atoms with Gasteiger partial charge in [-0.05, 0) is 41.8 Å². The van der Waals surface area contributed by atoms with Crippen LogP contribution >= 0.6 is 23.2 Å². The lowest BCUT2D eigenvalue weighted by Gasteiger charge is -2.49. The summed E-state index contributed by atoms with van der Waals surface area (Å²) in [5.74, 6) is -4.13. The number of pyridine rings is 1. The highest BCUT2D eigenvalue weighted by molar-refractivity contribution is 6.33. The van der Waals surface area contributed by atoms with Gasteiger partial charge in [-0.15, -0.1) is 0 Å². The van der Waals surface area contributed by atoms with E-state index in [4.69, 9.17) is 32.7 Å². The quantitative estimate of drug-likeness (QED) is 0.141. The number of rotatable bonds is 9. The average Bonchev–Trinajstić information content (AvgIpc) is 3.64. The Balaban J connectivity index is 1.16. The number of ether oxygens (including phenoxy) is 2. The van der Waals surface area contributed by atoms with Crippen LogP contribution in [0.4, 0.5) is 19.0 Å². The number of hydrogen-bond acceptors (Lipinski definition) is 11. The summed E-state index contributed by atoms with van der Waals surface area (Å²) in [7, 11) is 4.48. The fourth-order valence-corrected chi connectivity index (χ4v) is 9.78. The number of halogens is 5. The van der Waals surface area contributed by atoms with Crippen molar-refractivity contribution in [2.45, 2.75) is 49.5 Å². The standard InChI is InChI=1S/C43H35Cl2F3N8O8/c1-52-31-19-34(64-3)33(63-2)18-29(31)50-28(38(52)59)13-14-53-40(61)54-15-12-24-30(56(54)41(53)62)17-26-37(58)55(51-36-27(45)16-22(20-49-36)43(46,47)48)39(60)42(26,21-8-10-23(44)11-9-21)35(24)25-6-4-5-7-32(25)57/h4-12,16,18-20,26,30,35,57H,13-15,17H2,1-3H3,(H,49,51). The van der Waals surface area contributed by atoms with Gasteiger partial charge in [0.15, 0.2) is 17.3 Å². The number of para-hydroxylation sites is 1. The number of nitrogens with one attached hydrogen (secondary N) is 1. The predicted molar refractivity (Wildman–Crippen MR) is 226 cm³/mol. The number of hydrogen-bond donors (Lipinski definition) is 2. The molecule has 2 aliphatic heterocycles. The Hall–Kier alpha value is -6.86. The normalized spacial score (nSPS) is 20.5. The van der Waals surface area contributed by atoms with Crippen molar-refractivity contribution in [3.05, 3.63) is 148 Å². The van der Waals surface area contributed by atoms with E-state index in [-0.39, 0.29) is 42.9 Å². The molecular weight excluding hydrogens is 884 g/mol. The first-order valence-electron chi connectivity index (χ1n) is 19.7. The van der Waals surface area contributed by atoms with E-state index in [1.54, 1.807) is 55.6 Å². The number of benzene rings is 3. The summed E-state index contributed by atoms with van der Waals surface area (Å²) in [6, 6.07) is 15.2. The summed E-state index contributed by atoms with van der Waals surface area (Å²) < 4.78 is 56.2. The number of alkyl halides is 3. The number of aromatic nitrogens is 6. The molecule has 3 aromatic carbocycles. The SMILES string of the molecule is COc1cc2nc(CCn3c(=O)n4n(c3=O)C3CC5C(=O)N(Nc6ncc(C(F)(F)F)cc6Cl)C(=O)C5(c5ccc(Cl)cc5)C(c5ccccc5O)C3=CC4)c(=O)n(C)c2cc1OC. The molecule has 3 aliphatic rings. The van der Waals surface area contributed by atoms with E-state index in [0.717, 1.165) is 4.57 Å². The number of carbonyl (C=O) groups excluding carboxylic acids is 2. The number of imide groups is 1. The van der Waals surface area contributed by atoms with Gasteiger partial charge >= 0.3 is 17.6 Å². The number of allylic oxidation sites excluding steroid dienone is 2. The molecule has 21 heteroatoms. The maximum Gasteiger partial charge on any atom is 0.417 e. The zero-order valence-electron chi connectivity index (χ0n) is 33.9. The molecule has 9 rings (SSSR count). The zero-order chi connectivity index (χ0) is 45.6. The van der Waals surface area contributed by atoms with Crippen LogP contribution in [0, 0.1) is 5.92 Å². The first-order valence-corrected chi connectivity index (χ1v) is 20.4. The van der Waals surface area contributed by atoms with Gasteiger partial charge in [-0.2, -0.15) is 18.2 Å². The van der Waals surface area contributed by atoms with Crippen molar-refractivity contribution < 1.29 is 37.3 Å². The average molecular weight is 920 g/mol. The number of phenols is 1. The monoisotopic (exact) mass is 918 g/mol. The molecule has 3 aromatic heterocycles. The molecule has 2 fully saturated rings. The maximum absolute atomic E-state index is 15.3. The van der Waals surface area contributed by atoms with Crippen molar-refractivity contribution in [1.82, 2.24) is 33.5 Å². The number of fused-ring (bicyclic) bond motifs is 5. The molecular formula is C43H35Cl2F3N8O8. The predicted octanol–water partition coefficient (Wildman–Crippen LogP) is 5.36. The molecule has 1 saturated heterocycles. The van der Waals surface area contributed by atoms with Crippen LogP contribution in [-0.2, 0) is 47.7 Å². The molecule has 4 unspecified atom stereocenters. The van der Waals surface area contributed by atoms with Gasteiger partial charge in [0.2, 0.25) is 0 Å². The summed E-state index contributed by atoms with van der Waals surface area (Å²) in [6.07, 6.45) is -2.96. The van der Waals surface area contributed by atoms with Crippen molar-refractivity contribution in [3.8, 4) is 17.2 Å². The molecule has 5 heterocycles. The minimum Gasteiger partial charge on any atom is -0.508 e. The van der Waals surface area contributed by atoms with Crippen LogP contribution in [-0.4, -0.2) is 64.6 Å². The van der Waals surface area contributed by atoms with Crippen LogP contribution in [0.25, 0.3) is 11.0 Å². The Kier molecular flexibility index (Phi) is 10.2. The molecule has 0 spiro atoms. The van der Waals surface area contributed by atoms with Crippen molar-refractivity contribution in [2.75, 3.05) is 19.6 Å². The van der Waals surface area contributed by atoms with Crippen LogP contribution in [0.1, 0.15) is 40.8 Å². The fourth-order valence-electron chi connectivity index (χ4n) is 9.45. The van der Waals surface area contributed by atoms with Gasteiger partial charge in [-0.1, -0.05) is 59.6 Å². The van der Waals surface area contributed by atoms with Crippen LogP contribution in [0.2, 0.25) is 10.0 Å². The summed E-state index contributed by atoms with van der Waals surface area (Å²) >= 11 is 12.6. The molecule has 330 valence electrons. The minimum absolute atomic E-state index is 0.0665. The molecule has 4 atom stereocenters. The van der Waals surface area contributed by atoms with Crippen LogP contribution < -0.4 is 31.8 Å². The van der Waals surface area contributed by atoms with E-state index < -0.39 is 74.6 Å². The van der Waals surface area contributed by atoms with Crippen molar-refractivity contribution in [2.24, 2.45) is 13.0 Å². The van der Waals surface area contributed by atoms with Gasteiger partial charge in [-0.25, -0.2) is 33.5 Å². The Morgan fingerprint density at radius 3 is 2.33 bits per heavy atom. The van der Waals surface area contributed by atoms with E-state index in [1.165, 1.54) is 46.3 Å². The lowest BCUT2D eigenvalue weighted by Crippen LogP contribution is -2.53. The topological polar surface area (TPSA) is 185 Å². The van der Waals surface area contributed by atoms with Gasteiger partial charge < -0.3 is 19.1 Å². The Bertz CT molecular complexity index is 3160. The third-order valence-electron chi connectivity index (χ3n) is 12.4. The number of hydrazine groups is 1. The van der Waals surface area contributed by atoms with Gasteiger partial charge in [0, 0.05) is 54.8 Å². The molecule has 0 bridgehead atoms. The molecule has 6 aromatic rings. The van der Waals surface area contributed by atoms with Crippen molar-refractivity contribution in [3.63, 3.8) is 0 Å². The zero-order valence-corrected chi connectivity index (χ0v) is 35.4. The third-order valence-corrected chi connectivity index (χ3v) is 12.9. The van der Waals surface area contributed by atoms with E-state index in [2.05, 4.69) is 15.4 Å². The minimum atomic E-state index is -4.79. The molecule has 0 radical (unpaired) electrons. The second kappa shape index (κ2) is 15.4.